The smallest absolute Gasteiger partial charge is 0.225 e. The van der Waals surface area contributed by atoms with Crippen LogP contribution < -0.4 is 5.32 Å². The van der Waals surface area contributed by atoms with Gasteiger partial charge in [0.05, 0.1) is 0 Å². The Morgan fingerprint density at radius 2 is 2.06 bits per heavy atom. The van der Waals surface area contributed by atoms with Crippen molar-refractivity contribution in [2.75, 3.05) is 20.1 Å². The van der Waals surface area contributed by atoms with Crippen LogP contribution in [0.2, 0.25) is 5.02 Å². The summed E-state index contributed by atoms with van der Waals surface area (Å²) >= 11 is 5.84. The predicted molar refractivity (Wildman–Crippen MR) is 73.4 cm³/mol. The molecule has 2 rings (SSSR count). The van der Waals surface area contributed by atoms with Crippen molar-refractivity contribution in [1.29, 1.82) is 0 Å². The molecule has 1 saturated heterocycles. The highest BCUT2D eigenvalue weighted by atomic mass is 35.5. The Hall–Kier alpha value is -1.06. The van der Waals surface area contributed by atoms with E-state index in [4.69, 9.17) is 11.6 Å². The number of carbonyl (C=O) groups is 1. The first kappa shape index (κ1) is 13.4. The summed E-state index contributed by atoms with van der Waals surface area (Å²) in [4.78, 5) is 14.0. The van der Waals surface area contributed by atoms with Gasteiger partial charge in [-0.25, -0.2) is 0 Å². The van der Waals surface area contributed by atoms with Crippen molar-refractivity contribution in [2.45, 2.75) is 13.5 Å². The molecule has 0 radical (unpaired) electrons. The average Bonchev–Trinajstić information content (AvgIpc) is 2.28. The molecular formula is C14H19ClN2O. The van der Waals surface area contributed by atoms with Crippen molar-refractivity contribution in [1.82, 2.24) is 10.2 Å². The van der Waals surface area contributed by atoms with Crippen molar-refractivity contribution in [3.63, 3.8) is 0 Å². The molecule has 0 aliphatic carbocycles. The van der Waals surface area contributed by atoms with Crippen LogP contribution in [0, 0.1) is 11.8 Å². The lowest BCUT2D eigenvalue weighted by molar-refractivity contribution is -0.136. The molecular weight excluding hydrogens is 248 g/mol. The lowest BCUT2D eigenvalue weighted by atomic mass is 9.88. The minimum atomic E-state index is 0.101. The van der Waals surface area contributed by atoms with Crippen LogP contribution in [0.15, 0.2) is 24.3 Å². The lowest BCUT2D eigenvalue weighted by Gasteiger charge is -2.34. The molecule has 1 aromatic rings. The van der Waals surface area contributed by atoms with E-state index in [0.717, 1.165) is 23.7 Å². The first-order valence-corrected chi connectivity index (χ1v) is 6.66. The van der Waals surface area contributed by atoms with E-state index in [-0.39, 0.29) is 11.8 Å². The van der Waals surface area contributed by atoms with E-state index in [0.29, 0.717) is 12.5 Å². The normalized spacial score (nSPS) is 17.1. The van der Waals surface area contributed by atoms with Crippen LogP contribution in [0.5, 0.6) is 0 Å². The van der Waals surface area contributed by atoms with Gasteiger partial charge < -0.3 is 10.2 Å². The molecule has 98 valence electrons. The van der Waals surface area contributed by atoms with E-state index in [2.05, 4.69) is 5.32 Å². The molecule has 1 heterocycles. The molecule has 1 aromatic carbocycles. The van der Waals surface area contributed by atoms with Crippen molar-refractivity contribution in [3.8, 4) is 0 Å². The van der Waals surface area contributed by atoms with E-state index in [1.165, 1.54) is 0 Å². The van der Waals surface area contributed by atoms with Gasteiger partial charge in [-0.2, -0.15) is 0 Å². The maximum absolute atomic E-state index is 12.2. The highest BCUT2D eigenvalue weighted by molar-refractivity contribution is 6.30. The number of nitrogens with one attached hydrogen (secondary N) is 1. The van der Waals surface area contributed by atoms with Crippen LogP contribution in [0.4, 0.5) is 0 Å². The van der Waals surface area contributed by atoms with E-state index in [9.17, 15) is 4.79 Å². The van der Waals surface area contributed by atoms with Crippen LogP contribution in [0.25, 0.3) is 0 Å². The molecule has 1 aliphatic heterocycles. The van der Waals surface area contributed by atoms with Crippen LogP contribution in [0.1, 0.15) is 12.5 Å². The fourth-order valence-electron chi connectivity index (χ4n) is 2.16. The van der Waals surface area contributed by atoms with Crippen molar-refractivity contribution >= 4 is 17.5 Å². The first-order chi connectivity index (χ1) is 8.58. The third-order valence-electron chi connectivity index (χ3n) is 3.62. The molecule has 0 spiro atoms. The Balaban J connectivity index is 1.92. The molecule has 1 fully saturated rings. The van der Waals surface area contributed by atoms with Crippen LogP contribution in [-0.4, -0.2) is 30.9 Å². The third-order valence-corrected chi connectivity index (χ3v) is 3.87. The summed E-state index contributed by atoms with van der Waals surface area (Å²) in [5, 5.41) is 3.93. The summed E-state index contributed by atoms with van der Waals surface area (Å²) in [5.41, 5.74) is 1.11. The average molecular weight is 267 g/mol. The van der Waals surface area contributed by atoms with Gasteiger partial charge in [0.1, 0.15) is 0 Å². The zero-order chi connectivity index (χ0) is 13.1. The fourth-order valence-corrected chi connectivity index (χ4v) is 2.28. The minimum absolute atomic E-state index is 0.101. The van der Waals surface area contributed by atoms with Gasteiger partial charge in [0.2, 0.25) is 5.91 Å². The molecule has 18 heavy (non-hydrogen) atoms. The largest absolute Gasteiger partial charge is 0.341 e. The lowest BCUT2D eigenvalue weighted by Crippen LogP contribution is -2.49. The zero-order valence-corrected chi connectivity index (χ0v) is 11.6. The van der Waals surface area contributed by atoms with Crippen LogP contribution >= 0.6 is 11.6 Å². The molecule has 0 bridgehead atoms. The van der Waals surface area contributed by atoms with Gasteiger partial charge in [0, 0.05) is 24.5 Å². The Labute approximate surface area is 113 Å². The summed E-state index contributed by atoms with van der Waals surface area (Å²) in [6, 6.07) is 7.63. The van der Waals surface area contributed by atoms with E-state index >= 15 is 0 Å². The van der Waals surface area contributed by atoms with E-state index in [1.54, 1.807) is 4.90 Å². The third kappa shape index (κ3) is 3.03. The SMILES string of the molecule is CC(C(=O)N(C)Cc1ccc(Cl)cc1)C1CNC1. The minimum Gasteiger partial charge on any atom is -0.341 e. The highest BCUT2D eigenvalue weighted by Crippen LogP contribution is 2.19. The van der Waals surface area contributed by atoms with E-state index < -0.39 is 0 Å². The molecule has 1 amide bonds. The molecule has 4 heteroatoms. The monoisotopic (exact) mass is 266 g/mol. The standard InChI is InChI=1S/C14H19ClN2O/c1-10(12-7-16-8-12)14(18)17(2)9-11-3-5-13(15)6-4-11/h3-6,10,12,16H,7-9H2,1-2H3. The van der Waals surface area contributed by atoms with Crippen molar-refractivity contribution in [3.05, 3.63) is 34.9 Å². The topological polar surface area (TPSA) is 32.3 Å². The molecule has 1 atom stereocenters. The molecule has 0 saturated carbocycles. The Morgan fingerprint density at radius 3 is 2.56 bits per heavy atom. The van der Waals surface area contributed by atoms with Gasteiger partial charge in [0.25, 0.3) is 0 Å². The Morgan fingerprint density at radius 1 is 1.44 bits per heavy atom. The van der Waals surface area contributed by atoms with Gasteiger partial charge in [-0.15, -0.1) is 0 Å². The van der Waals surface area contributed by atoms with Gasteiger partial charge in [0.15, 0.2) is 0 Å². The maximum Gasteiger partial charge on any atom is 0.225 e. The summed E-state index contributed by atoms with van der Waals surface area (Å²) < 4.78 is 0. The van der Waals surface area contributed by atoms with Gasteiger partial charge >= 0.3 is 0 Å². The molecule has 1 unspecified atom stereocenters. The second-order valence-corrected chi connectivity index (χ2v) is 5.46. The second-order valence-electron chi connectivity index (χ2n) is 5.03. The number of halogens is 1. The predicted octanol–water partition coefficient (Wildman–Crippen LogP) is 2.15. The van der Waals surface area contributed by atoms with Crippen molar-refractivity contribution in [2.24, 2.45) is 11.8 Å². The molecule has 3 nitrogen and oxygen atoms in total. The quantitative estimate of drug-likeness (QED) is 0.906. The Kier molecular flexibility index (Phi) is 4.25. The van der Waals surface area contributed by atoms with E-state index in [1.807, 2.05) is 38.2 Å². The number of benzene rings is 1. The number of amides is 1. The summed E-state index contributed by atoms with van der Waals surface area (Å²) in [6.07, 6.45) is 0. The number of hydrogen-bond acceptors (Lipinski definition) is 2. The summed E-state index contributed by atoms with van der Waals surface area (Å²) in [5.74, 6) is 0.810. The summed E-state index contributed by atoms with van der Waals surface area (Å²) in [6.45, 7) is 4.58. The number of hydrogen-bond donors (Lipinski definition) is 1. The zero-order valence-electron chi connectivity index (χ0n) is 10.8. The number of rotatable bonds is 4. The van der Waals surface area contributed by atoms with Crippen LogP contribution in [-0.2, 0) is 11.3 Å². The number of carbonyl (C=O) groups excluding carboxylic acids is 1. The van der Waals surface area contributed by atoms with Gasteiger partial charge in [-0.05, 0) is 36.7 Å². The van der Waals surface area contributed by atoms with Gasteiger partial charge in [-0.1, -0.05) is 30.7 Å². The molecule has 1 aliphatic rings. The maximum atomic E-state index is 12.2. The van der Waals surface area contributed by atoms with Crippen LogP contribution in [0.3, 0.4) is 0 Å². The highest BCUT2D eigenvalue weighted by Gasteiger charge is 2.30. The number of nitrogens with zero attached hydrogens (tertiary/aromatic N) is 1. The summed E-state index contributed by atoms with van der Waals surface area (Å²) in [7, 11) is 1.86. The van der Waals surface area contributed by atoms with Gasteiger partial charge in [-0.3, -0.25) is 4.79 Å². The first-order valence-electron chi connectivity index (χ1n) is 6.28. The fraction of sp³-hybridized carbons (Fsp3) is 0.500. The second kappa shape index (κ2) is 5.72. The Bertz CT molecular complexity index is 414. The van der Waals surface area contributed by atoms with Crippen molar-refractivity contribution < 1.29 is 4.79 Å². The molecule has 0 aromatic heterocycles. The molecule has 1 N–H and O–H groups in total.